The summed E-state index contributed by atoms with van der Waals surface area (Å²) in [6.45, 7) is 0. The number of ether oxygens (including phenoxy) is 3. The standard InChI is InChI=1S/C13H15NO4/c1-16-9-4-5-10(17-2)12(18-3)11(9)13(6-7-13)14-8-15/h4-5H,6-7H2,1-3H3. The Balaban J connectivity index is 2.65. The summed E-state index contributed by atoms with van der Waals surface area (Å²) < 4.78 is 16.0. The van der Waals surface area contributed by atoms with Gasteiger partial charge in [0.1, 0.15) is 11.3 Å². The minimum absolute atomic E-state index is 0.563. The zero-order valence-corrected chi connectivity index (χ0v) is 10.6. The second-order valence-corrected chi connectivity index (χ2v) is 4.11. The summed E-state index contributed by atoms with van der Waals surface area (Å²) in [4.78, 5) is 14.5. The summed E-state index contributed by atoms with van der Waals surface area (Å²) in [5.41, 5.74) is 0.197. The van der Waals surface area contributed by atoms with Crippen LogP contribution in [-0.2, 0) is 10.3 Å². The molecular weight excluding hydrogens is 234 g/mol. The SMILES string of the molecule is COc1ccc(OC)c(C2(N=C=O)CC2)c1OC. The van der Waals surface area contributed by atoms with Crippen LogP contribution in [0.25, 0.3) is 0 Å². The number of methoxy groups -OCH3 is 3. The minimum atomic E-state index is -0.563. The monoisotopic (exact) mass is 249 g/mol. The van der Waals surface area contributed by atoms with Crippen LogP contribution in [0.4, 0.5) is 0 Å². The average molecular weight is 249 g/mol. The van der Waals surface area contributed by atoms with E-state index < -0.39 is 5.54 Å². The van der Waals surface area contributed by atoms with Crippen molar-refractivity contribution in [2.24, 2.45) is 4.99 Å². The van der Waals surface area contributed by atoms with Crippen molar-refractivity contribution >= 4 is 6.08 Å². The number of benzene rings is 1. The highest BCUT2D eigenvalue weighted by molar-refractivity contribution is 5.60. The summed E-state index contributed by atoms with van der Waals surface area (Å²) in [5.74, 6) is 1.80. The summed E-state index contributed by atoms with van der Waals surface area (Å²) in [6.07, 6.45) is 3.19. The Morgan fingerprint density at radius 3 is 2.17 bits per heavy atom. The van der Waals surface area contributed by atoms with Crippen LogP contribution < -0.4 is 14.2 Å². The first-order valence-electron chi connectivity index (χ1n) is 5.61. The maximum atomic E-state index is 10.6. The molecule has 5 heteroatoms. The zero-order valence-electron chi connectivity index (χ0n) is 10.6. The van der Waals surface area contributed by atoms with Crippen LogP contribution in [0.3, 0.4) is 0 Å². The molecule has 1 aliphatic carbocycles. The topological polar surface area (TPSA) is 57.1 Å². The predicted molar refractivity (Wildman–Crippen MR) is 65.1 cm³/mol. The molecule has 0 unspecified atom stereocenters. The lowest BCUT2D eigenvalue weighted by atomic mass is 10.0. The van der Waals surface area contributed by atoms with Gasteiger partial charge >= 0.3 is 0 Å². The molecule has 0 amide bonds. The fraction of sp³-hybridized carbons (Fsp3) is 0.462. The molecule has 0 saturated heterocycles. The van der Waals surface area contributed by atoms with E-state index in [0.29, 0.717) is 17.2 Å². The van der Waals surface area contributed by atoms with Gasteiger partial charge in [-0.1, -0.05) is 0 Å². The Morgan fingerprint density at radius 1 is 1.11 bits per heavy atom. The Labute approximate surface area is 105 Å². The van der Waals surface area contributed by atoms with Gasteiger partial charge in [-0.15, -0.1) is 0 Å². The maximum absolute atomic E-state index is 10.6. The molecule has 1 aromatic carbocycles. The molecule has 1 fully saturated rings. The third kappa shape index (κ3) is 1.83. The predicted octanol–water partition coefficient (Wildman–Crippen LogP) is 2.04. The first kappa shape index (κ1) is 12.5. The number of hydrogen-bond donors (Lipinski definition) is 0. The van der Waals surface area contributed by atoms with Crippen LogP contribution in [0.2, 0.25) is 0 Å². The maximum Gasteiger partial charge on any atom is 0.235 e. The fourth-order valence-electron chi connectivity index (χ4n) is 2.14. The van der Waals surface area contributed by atoms with Crippen molar-refractivity contribution in [2.45, 2.75) is 18.4 Å². The van der Waals surface area contributed by atoms with Gasteiger partial charge in [-0.25, -0.2) is 4.79 Å². The molecule has 1 aliphatic rings. The quantitative estimate of drug-likeness (QED) is 0.592. The van der Waals surface area contributed by atoms with Gasteiger partial charge in [0.15, 0.2) is 11.5 Å². The van der Waals surface area contributed by atoms with Crippen molar-refractivity contribution in [2.75, 3.05) is 21.3 Å². The highest BCUT2D eigenvalue weighted by atomic mass is 16.5. The molecule has 0 bridgehead atoms. The molecule has 0 N–H and O–H groups in total. The molecule has 0 atom stereocenters. The van der Waals surface area contributed by atoms with Crippen molar-refractivity contribution < 1.29 is 19.0 Å². The van der Waals surface area contributed by atoms with Crippen molar-refractivity contribution in [3.63, 3.8) is 0 Å². The first-order chi connectivity index (χ1) is 8.72. The molecule has 0 heterocycles. The summed E-state index contributed by atoms with van der Waals surface area (Å²) in [5, 5.41) is 0. The molecular formula is C13H15NO4. The minimum Gasteiger partial charge on any atom is -0.496 e. The third-order valence-electron chi connectivity index (χ3n) is 3.18. The van der Waals surface area contributed by atoms with E-state index in [2.05, 4.69) is 4.99 Å². The van der Waals surface area contributed by atoms with Gasteiger partial charge in [0.25, 0.3) is 0 Å². The molecule has 0 radical (unpaired) electrons. The molecule has 0 aromatic heterocycles. The van der Waals surface area contributed by atoms with Gasteiger partial charge in [-0.3, -0.25) is 0 Å². The van der Waals surface area contributed by atoms with E-state index in [1.54, 1.807) is 39.5 Å². The molecule has 18 heavy (non-hydrogen) atoms. The second-order valence-electron chi connectivity index (χ2n) is 4.11. The summed E-state index contributed by atoms with van der Waals surface area (Å²) >= 11 is 0. The lowest BCUT2D eigenvalue weighted by Gasteiger charge is -2.19. The van der Waals surface area contributed by atoms with Gasteiger partial charge in [0, 0.05) is 0 Å². The Bertz CT molecular complexity index is 502. The largest absolute Gasteiger partial charge is 0.496 e. The van der Waals surface area contributed by atoms with E-state index in [1.165, 1.54) is 0 Å². The average Bonchev–Trinajstić information content (AvgIpc) is 3.17. The van der Waals surface area contributed by atoms with E-state index in [1.807, 2.05) is 0 Å². The van der Waals surface area contributed by atoms with Crippen molar-refractivity contribution in [1.82, 2.24) is 0 Å². The molecule has 2 rings (SSSR count). The van der Waals surface area contributed by atoms with Crippen molar-refractivity contribution in [1.29, 1.82) is 0 Å². The van der Waals surface area contributed by atoms with Crippen LogP contribution in [0.15, 0.2) is 17.1 Å². The van der Waals surface area contributed by atoms with Crippen molar-refractivity contribution in [3.05, 3.63) is 17.7 Å². The van der Waals surface area contributed by atoms with Gasteiger partial charge < -0.3 is 14.2 Å². The molecule has 0 spiro atoms. The number of nitrogens with zero attached hydrogens (tertiary/aromatic N) is 1. The normalized spacial score (nSPS) is 15.5. The van der Waals surface area contributed by atoms with Crippen LogP contribution in [0, 0.1) is 0 Å². The molecule has 0 aliphatic heterocycles. The first-order valence-corrected chi connectivity index (χ1v) is 5.61. The lowest BCUT2D eigenvalue weighted by Crippen LogP contribution is -2.09. The van der Waals surface area contributed by atoms with Crippen LogP contribution in [0.5, 0.6) is 17.2 Å². The van der Waals surface area contributed by atoms with E-state index in [4.69, 9.17) is 14.2 Å². The van der Waals surface area contributed by atoms with E-state index >= 15 is 0 Å². The number of isocyanates is 1. The lowest BCUT2D eigenvalue weighted by molar-refractivity contribution is 0.339. The molecule has 96 valence electrons. The highest BCUT2D eigenvalue weighted by Crippen LogP contribution is 2.57. The third-order valence-corrected chi connectivity index (χ3v) is 3.18. The highest BCUT2D eigenvalue weighted by Gasteiger charge is 2.49. The summed E-state index contributed by atoms with van der Waals surface area (Å²) in [6, 6.07) is 3.55. The van der Waals surface area contributed by atoms with Gasteiger partial charge in [-0.05, 0) is 25.0 Å². The molecule has 1 aromatic rings. The van der Waals surface area contributed by atoms with E-state index in [9.17, 15) is 4.79 Å². The van der Waals surface area contributed by atoms with E-state index in [-0.39, 0.29) is 0 Å². The number of carbonyl (C=O) groups excluding carboxylic acids is 1. The summed E-state index contributed by atoms with van der Waals surface area (Å²) in [7, 11) is 4.70. The fourth-order valence-corrected chi connectivity index (χ4v) is 2.14. The van der Waals surface area contributed by atoms with Crippen LogP contribution in [-0.4, -0.2) is 27.4 Å². The van der Waals surface area contributed by atoms with Gasteiger partial charge in [0.2, 0.25) is 6.08 Å². The zero-order chi connectivity index (χ0) is 13.2. The van der Waals surface area contributed by atoms with Crippen LogP contribution >= 0.6 is 0 Å². The Kier molecular flexibility index (Phi) is 3.26. The van der Waals surface area contributed by atoms with Gasteiger partial charge in [0.05, 0.1) is 26.9 Å². The van der Waals surface area contributed by atoms with Crippen LogP contribution in [0.1, 0.15) is 18.4 Å². The Hall–Kier alpha value is -2.00. The smallest absolute Gasteiger partial charge is 0.235 e. The number of hydrogen-bond acceptors (Lipinski definition) is 5. The number of rotatable bonds is 5. The van der Waals surface area contributed by atoms with Crippen molar-refractivity contribution in [3.8, 4) is 17.2 Å². The van der Waals surface area contributed by atoms with E-state index in [0.717, 1.165) is 18.4 Å². The van der Waals surface area contributed by atoms with Gasteiger partial charge in [-0.2, -0.15) is 4.99 Å². The molecule has 5 nitrogen and oxygen atoms in total. The molecule has 1 saturated carbocycles. The second kappa shape index (κ2) is 4.70. The number of aliphatic imine (C=N–C) groups is 1. The Morgan fingerprint density at radius 2 is 1.72 bits per heavy atom.